The molecule has 1 amide bonds. The zero-order valence-corrected chi connectivity index (χ0v) is 21.3. The topological polar surface area (TPSA) is 69.0 Å². The smallest absolute Gasteiger partial charge is 0.295 e. The second-order valence-electron chi connectivity index (χ2n) is 8.36. The molecule has 184 valence electrons. The first kappa shape index (κ1) is 24.1. The Morgan fingerprint density at radius 3 is 2.58 bits per heavy atom. The minimum atomic E-state index is -0.815. The number of rotatable bonds is 7. The average molecular weight is 552 g/mol. The second-order valence-corrected chi connectivity index (χ2v) is 9.28. The average Bonchev–Trinajstić information content (AvgIpc) is 3.16. The molecule has 1 aliphatic rings. The summed E-state index contributed by atoms with van der Waals surface area (Å²) in [6, 6.07) is 15.5. The number of hydrogen-bond acceptors (Lipinski definition) is 5. The highest BCUT2D eigenvalue weighted by Crippen LogP contribution is 2.43. The van der Waals surface area contributed by atoms with Crippen molar-refractivity contribution in [1.82, 2.24) is 0 Å². The largest absolute Gasteiger partial charge is 0.490 e. The van der Waals surface area contributed by atoms with E-state index in [-0.39, 0.29) is 22.3 Å². The fourth-order valence-corrected chi connectivity index (χ4v) is 4.83. The molecule has 6 nitrogen and oxygen atoms in total. The van der Waals surface area contributed by atoms with Crippen molar-refractivity contribution in [3.05, 3.63) is 98.1 Å². The van der Waals surface area contributed by atoms with E-state index in [9.17, 15) is 14.0 Å². The van der Waals surface area contributed by atoms with Crippen molar-refractivity contribution >= 4 is 38.5 Å². The lowest BCUT2D eigenvalue weighted by molar-refractivity contribution is 0.0971. The number of amides is 1. The molecular weight excluding hydrogens is 529 g/mol. The van der Waals surface area contributed by atoms with Crippen LogP contribution in [-0.4, -0.2) is 19.1 Å². The zero-order valence-electron chi connectivity index (χ0n) is 19.7. The Bertz CT molecular complexity index is 1530. The first-order valence-electron chi connectivity index (χ1n) is 11.7. The van der Waals surface area contributed by atoms with Crippen molar-refractivity contribution in [3.63, 3.8) is 0 Å². The summed E-state index contributed by atoms with van der Waals surface area (Å²) in [5.41, 5.74) is 1.07. The van der Waals surface area contributed by atoms with Gasteiger partial charge in [0.2, 0.25) is 5.76 Å². The van der Waals surface area contributed by atoms with Gasteiger partial charge < -0.3 is 13.9 Å². The summed E-state index contributed by atoms with van der Waals surface area (Å²) in [4.78, 5) is 28.9. The van der Waals surface area contributed by atoms with Crippen molar-refractivity contribution < 1.29 is 23.1 Å². The normalized spacial score (nSPS) is 14.8. The molecule has 4 aromatic rings. The Hall–Kier alpha value is -3.65. The van der Waals surface area contributed by atoms with Crippen LogP contribution in [0.2, 0.25) is 0 Å². The lowest BCUT2D eigenvalue weighted by Gasteiger charge is -2.26. The number of anilines is 1. The van der Waals surface area contributed by atoms with Gasteiger partial charge in [-0.2, -0.15) is 0 Å². The van der Waals surface area contributed by atoms with Crippen LogP contribution in [0, 0.1) is 5.82 Å². The van der Waals surface area contributed by atoms with E-state index in [4.69, 9.17) is 13.9 Å². The van der Waals surface area contributed by atoms with Gasteiger partial charge in [0.25, 0.3) is 5.91 Å². The van der Waals surface area contributed by atoms with Gasteiger partial charge in [0.1, 0.15) is 11.4 Å². The van der Waals surface area contributed by atoms with E-state index in [0.717, 1.165) is 17.0 Å². The Labute approximate surface area is 215 Å². The summed E-state index contributed by atoms with van der Waals surface area (Å²) in [6.07, 6.45) is 0.833. The number of carbonyl (C=O) groups excluding carboxylic acids is 1. The number of hydrogen-bond donors (Lipinski definition) is 0. The van der Waals surface area contributed by atoms with E-state index in [0.29, 0.717) is 36.0 Å². The monoisotopic (exact) mass is 551 g/mol. The van der Waals surface area contributed by atoms with E-state index in [1.165, 1.54) is 17.0 Å². The molecular formula is C28H23BrFNO5. The number of carbonyl (C=O) groups is 1. The van der Waals surface area contributed by atoms with Crippen LogP contribution in [0.15, 0.2) is 74.3 Å². The maximum Gasteiger partial charge on any atom is 0.295 e. The fourth-order valence-electron chi connectivity index (χ4n) is 4.45. The lowest BCUT2D eigenvalue weighted by atomic mass is 9.97. The minimum absolute atomic E-state index is 0.0617. The predicted octanol–water partition coefficient (Wildman–Crippen LogP) is 6.63. The lowest BCUT2D eigenvalue weighted by Crippen LogP contribution is -2.29. The summed E-state index contributed by atoms with van der Waals surface area (Å²) in [5.74, 6) is 0.00737. The molecule has 0 saturated carbocycles. The Morgan fingerprint density at radius 1 is 1.00 bits per heavy atom. The van der Waals surface area contributed by atoms with Crippen LogP contribution < -0.4 is 19.8 Å². The van der Waals surface area contributed by atoms with Gasteiger partial charge in [-0.25, -0.2) is 4.39 Å². The van der Waals surface area contributed by atoms with Crippen molar-refractivity contribution in [2.45, 2.75) is 26.3 Å². The van der Waals surface area contributed by atoms with Crippen LogP contribution >= 0.6 is 15.9 Å². The molecule has 0 saturated heterocycles. The van der Waals surface area contributed by atoms with Crippen molar-refractivity contribution in [1.29, 1.82) is 0 Å². The van der Waals surface area contributed by atoms with Crippen molar-refractivity contribution in [2.24, 2.45) is 0 Å². The van der Waals surface area contributed by atoms with Crippen LogP contribution in [-0.2, 0) is 0 Å². The maximum atomic E-state index is 14.0. The third-order valence-electron chi connectivity index (χ3n) is 5.96. The number of ether oxygens (including phenoxy) is 2. The van der Waals surface area contributed by atoms with Crippen LogP contribution in [0.1, 0.15) is 48.0 Å². The highest BCUT2D eigenvalue weighted by Gasteiger charge is 2.44. The second kappa shape index (κ2) is 9.78. The quantitative estimate of drug-likeness (QED) is 0.258. The van der Waals surface area contributed by atoms with Crippen LogP contribution in [0.25, 0.3) is 11.0 Å². The third kappa shape index (κ3) is 4.15. The first-order valence-corrected chi connectivity index (χ1v) is 12.5. The van der Waals surface area contributed by atoms with Gasteiger partial charge in [0, 0.05) is 10.2 Å². The van der Waals surface area contributed by atoms with Gasteiger partial charge >= 0.3 is 0 Å². The third-order valence-corrected chi connectivity index (χ3v) is 6.46. The summed E-state index contributed by atoms with van der Waals surface area (Å²) in [5, 5.41) is 0.0792. The Morgan fingerprint density at radius 2 is 1.83 bits per heavy atom. The van der Waals surface area contributed by atoms with Gasteiger partial charge in [-0.3, -0.25) is 14.5 Å². The van der Waals surface area contributed by atoms with Gasteiger partial charge in [-0.1, -0.05) is 35.0 Å². The molecule has 1 unspecified atom stereocenters. The molecule has 1 aliphatic heterocycles. The predicted molar refractivity (Wildman–Crippen MR) is 139 cm³/mol. The van der Waals surface area contributed by atoms with Crippen LogP contribution in [0.5, 0.6) is 11.5 Å². The number of nitrogens with zero attached hydrogens (tertiary/aromatic N) is 1. The standard InChI is InChI=1S/C28H23BrFNO5/c1-3-12-35-22-10-8-16(13-23(22)34-4-2)25-24-26(32)20-15-18(30)9-11-21(20)36-27(24)28(33)31(25)19-7-5-6-17(29)14-19/h5-11,13-15,25H,3-4,12H2,1-2H3. The highest BCUT2D eigenvalue weighted by molar-refractivity contribution is 9.10. The number of fused-ring (bicyclic) bond motifs is 2. The Kier molecular flexibility index (Phi) is 6.53. The molecule has 2 heterocycles. The molecule has 8 heteroatoms. The number of halogens is 2. The molecule has 0 fully saturated rings. The molecule has 5 rings (SSSR count). The molecule has 1 atom stereocenters. The molecule has 1 aromatic heterocycles. The molecule has 0 bridgehead atoms. The van der Waals surface area contributed by atoms with E-state index >= 15 is 0 Å². The summed E-state index contributed by atoms with van der Waals surface area (Å²) in [7, 11) is 0. The number of benzene rings is 3. The zero-order chi connectivity index (χ0) is 25.4. The van der Waals surface area contributed by atoms with Gasteiger partial charge in [-0.15, -0.1) is 0 Å². The van der Waals surface area contributed by atoms with Crippen molar-refractivity contribution in [2.75, 3.05) is 18.1 Å². The van der Waals surface area contributed by atoms with Gasteiger partial charge in [0.05, 0.1) is 30.2 Å². The van der Waals surface area contributed by atoms with Crippen LogP contribution in [0.4, 0.5) is 10.1 Å². The highest BCUT2D eigenvalue weighted by atomic mass is 79.9. The van der Waals surface area contributed by atoms with Gasteiger partial charge in [-0.05, 0) is 67.4 Å². The summed E-state index contributed by atoms with van der Waals surface area (Å²) >= 11 is 3.46. The van der Waals surface area contributed by atoms with Gasteiger partial charge in [0.15, 0.2) is 16.9 Å². The summed E-state index contributed by atoms with van der Waals surface area (Å²) < 4.78 is 32.4. The molecule has 36 heavy (non-hydrogen) atoms. The molecule has 3 aromatic carbocycles. The molecule has 0 N–H and O–H groups in total. The SMILES string of the molecule is CCCOc1ccc(C2c3c(oc4ccc(F)cc4c3=O)C(=O)N2c2cccc(Br)c2)cc1OCC. The first-order chi connectivity index (χ1) is 17.4. The van der Waals surface area contributed by atoms with E-state index in [1.807, 2.05) is 19.9 Å². The summed E-state index contributed by atoms with van der Waals surface area (Å²) in [6.45, 7) is 4.81. The van der Waals surface area contributed by atoms with E-state index in [1.54, 1.807) is 36.4 Å². The Balaban J connectivity index is 1.76. The minimum Gasteiger partial charge on any atom is -0.490 e. The molecule has 0 spiro atoms. The maximum absolute atomic E-state index is 14.0. The fraction of sp³-hybridized carbons (Fsp3) is 0.214. The van der Waals surface area contributed by atoms with E-state index < -0.39 is 23.2 Å². The van der Waals surface area contributed by atoms with E-state index in [2.05, 4.69) is 15.9 Å². The molecule has 0 aliphatic carbocycles. The van der Waals surface area contributed by atoms with Crippen LogP contribution in [0.3, 0.4) is 0 Å². The van der Waals surface area contributed by atoms with Crippen molar-refractivity contribution in [3.8, 4) is 11.5 Å². The molecule has 0 radical (unpaired) electrons.